The van der Waals surface area contributed by atoms with Crippen molar-refractivity contribution in [2.24, 2.45) is 0 Å². The van der Waals surface area contributed by atoms with Gasteiger partial charge in [0.2, 0.25) is 5.89 Å². The number of aliphatic hydroxyl groups is 2. The van der Waals surface area contributed by atoms with E-state index in [1.54, 1.807) is 4.90 Å². The van der Waals surface area contributed by atoms with Crippen LogP contribution in [-0.4, -0.2) is 61.1 Å². The van der Waals surface area contributed by atoms with Crippen molar-refractivity contribution in [2.45, 2.75) is 70.1 Å². The quantitative estimate of drug-likeness (QED) is 0.394. The number of alkyl halides is 6. The van der Waals surface area contributed by atoms with Gasteiger partial charge in [-0.1, -0.05) is 18.2 Å². The number of amides is 1. The number of likely N-dealkylation sites (tertiary alicyclic amines) is 1. The predicted molar refractivity (Wildman–Crippen MR) is 127 cm³/mol. The molecule has 3 heterocycles. The molecule has 1 aliphatic rings. The molecule has 1 fully saturated rings. The molecule has 3 aromatic rings. The van der Waals surface area contributed by atoms with Crippen LogP contribution in [0.5, 0.6) is 0 Å². The zero-order valence-electron chi connectivity index (χ0n) is 21.1. The lowest BCUT2D eigenvalue weighted by Crippen LogP contribution is -2.53. The Hall–Kier alpha value is -3.04. The first-order chi connectivity index (χ1) is 17.9. The Labute approximate surface area is 222 Å². The van der Waals surface area contributed by atoms with E-state index in [-0.39, 0.29) is 44.5 Å². The molecule has 212 valence electrons. The van der Waals surface area contributed by atoms with Crippen LogP contribution in [0.25, 0.3) is 21.3 Å². The van der Waals surface area contributed by atoms with E-state index < -0.39 is 35.0 Å². The highest BCUT2D eigenvalue weighted by Crippen LogP contribution is 2.51. The monoisotopic (exact) mass is 578 g/mol. The molecule has 1 aromatic carbocycles. The summed E-state index contributed by atoms with van der Waals surface area (Å²) in [5, 5.41) is 27.6. The van der Waals surface area contributed by atoms with Crippen LogP contribution in [0.4, 0.5) is 26.3 Å². The third-order valence-corrected chi connectivity index (χ3v) is 7.56. The average molecular weight is 579 g/mol. The fourth-order valence-corrected chi connectivity index (χ4v) is 5.37. The number of hydrogen-bond acceptors (Lipinski definition) is 8. The molecule has 39 heavy (non-hydrogen) atoms. The summed E-state index contributed by atoms with van der Waals surface area (Å²) >= 11 is 0.873. The van der Waals surface area contributed by atoms with Gasteiger partial charge in [-0.15, -0.1) is 21.5 Å². The lowest BCUT2D eigenvalue weighted by molar-refractivity contribution is -0.376. The maximum Gasteiger partial charge on any atom is 0.430 e. The number of aromatic nitrogens is 3. The second-order valence-electron chi connectivity index (χ2n) is 9.89. The first-order valence-corrected chi connectivity index (χ1v) is 12.5. The van der Waals surface area contributed by atoms with E-state index in [1.807, 2.05) is 6.92 Å². The molecular formula is C24H24F6N4O4S. The van der Waals surface area contributed by atoms with Crippen molar-refractivity contribution in [2.75, 3.05) is 6.54 Å². The number of halogens is 6. The topological polar surface area (TPSA) is 113 Å². The Bertz CT molecular complexity index is 1380. The molecule has 1 aliphatic heterocycles. The van der Waals surface area contributed by atoms with E-state index in [4.69, 9.17) is 4.42 Å². The highest BCUT2D eigenvalue weighted by Gasteiger charge is 2.71. The van der Waals surface area contributed by atoms with E-state index in [0.717, 1.165) is 30.2 Å². The molecule has 1 atom stereocenters. The molecule has 0 spiro atoms. The van der Waals surface area contributed by atoms with Crippen LogP contribution < -0.4 is 0 Å². The third kappa shape index (κ3) is 5.02. The molecule has 4 rings (SSSR count). The normalized spacial score (nSPS) is 17.2. The van der Waals surface area contributed by atoms with Gasteiger partial charge in [-0.05, 0) is 51.7 Å². The predicted octanol–water partition coefficient (Wildman–Crippen LogP) is 5.33. The van der Waals surface area contributed by atoms with Crippen LogP contribution in [0.15, 0.2) is 22.6 Å². The molecule has 0 radical (unpaired) electrons. The van der Waals surface area contributed by atoms with Gasteiger partial charge in [0.05, 0.1) is 4.88 Å². The molecule has 2 N–H and O–H groups in total. The third-order valence-electron chi connectivity index (χ3n) is 6.48. The molecular weight excluding hydrogens is 554 g/mol. The molecule has 1 saturated heterocycles. The first kappa shape index (κ1) is 29.0. The standard InChI is InChI=1S/C24H24F6N4O4S/c1-11-10-13(22(37,23(25,26)27)24(28,29)30)7-8-14(11)16-15(19(35)34-9-5-6-12(34)2)31-18(39-16)17-32-33-20(38-17)21(3,4)36/h7-8,10,12,36-37H,5-6,9H2,1-4H3/t12-/m0/s1. The van der Waals surface area contributed by atoms with Gasteiger partial charge in [0, 0.05) is 18.2 Å². The SMILES string of the molecule is Cc1cc(C(O)(C(F)(F)F)C(F)(F)F)ccc1-c1sc(-c2nnc(C(C)(C)O)o2)nc1C(=O)N1CCC[C@@H]1C. The first-order valence-electron chi connectivity index (χ1n) is 11.7. The number of thiazole rings is 1. The second-order valence-corrected chi connectivity index (χ2v) is 10.9. The minimum Gasteiger partial charge on any atom is -0.415 e. The second kappa shape index (κ2) is 9.55. The molecule has 8 nitrogen and oxygen atoms in total. The summed E-state index contributed by atoms with van der Waals surface area (Å²) in [5.41, 5.74) is -8.02. The van der Waals surface area contributed by atoms with Gasteiger partial charge in [0.25, 0.3) is 17.4 Å². The van der Waals surface area contributed by atoms with Crippen molar-refractivity contribution in [3.63, 3.8) is 0 Å². The van der Waals surface area contributed by atoms with Gasteiger partial charge in [0.1, 0.15) is 11.3 Å². The number of nitrogens with zero attached hydrogens (tertiary/aromatic N) is 4. The van der Waals surface area contributed by atoms with Gasteiger partial charge in [-0.3, -0.25) is 4.79 Å². The summed E-state index contributed by atoms with van der Waals surface area (Å²) in [6.07, 6.45) is -10.6. The number of rotatable bonds is 5. The molecule has 15 heteroatoms. The summed E-state index contributed by atoms with van der Waals surface area (Å²) in [7, 11) is 0. The van der Waals surface area contributed by atoms with Crippen LogP contribution in [-0.2, 0) is 11.2 Å². The van der Waals surface area contributed by atoms with Crippen molar-refractivity contribution < 1.29 is 45.8 Å². The Morgan fingerprint density at radius 1 is 1.10 bits per heavy atom. The van der Waals surface area contributed by atoms with Gasteiger partial charge in [-0.2, -0.15) is 26.3 Å². The van der Waals surface area contributed by atoms with Crippen LogP contribution in [0.3, 0.4) is 0 Å². The average Bonchev–Trinajstić information content (AvgIpc) is 3.55. The summed E-state index contributed by atoms with van der Waals surface area (Å²) in [6, 6.07) is 1.97. The molecule has 0 bridgehead atoms. The lowest BCUT2D eigenvalue weighted by atomic mass is 9.89. The summed E-state index contributed by atoms with van der Waals surface area (Å²) in [4.78, 5) is 19.6. The lowest BCUT2D eigenvalue weighted by Gasteiger charge is -2.33. The zero-order valence-corrected chi connectivity index (χ0v) is 21.9. The van der Waals surface area contributed by atoms with Crippen molar-refractivity contribution in [1.29, 1.82) is 0 Å². The summed E-state index contributed by atoms with van der Waals surface area (Å²) < 4.78 is 86.1. The van der Waals surface area contributed by atoms with Crippen LogP contribution in [0.2, 0.25) is 0 Å². The van der Waals surface area contributed by atoms with Gasteiger partial charge < -0.3 is 19.5 Å². The minimum absolute atomic E-state index is 0.0637. The number of aryl methyl sites for hydroxylation is 1. The van der Waals surface area contributed by atoms with Gasteiger partial charge >= 0.3 is 12.4 Å². The zero-order chi connectivity index (χ0) is 29.1. The highest BCUT2D eigenvalue weighted by molar-refractivity contribution is 7.18. The number of benzene rings is 1. The highest BCUT2D eigenvalue weighted by atomic mass is 32.1. The Morgan fingerprint density at radius 2 is 1.74 bits per heavy atom. The smallest absolute Gasteiger partial charge is 0.415 e. The largest absolute Gasteiger partial charge is 0.430 e. The van der Waals surface area contributed by atoms with Gasteiger partial charge in [-0.25, -0.2) is 4.98 Å². The van der Waals surface area contributed by atoms with Crippen molar-refractivity contribution >= 4 is 17.2 Å². The van der Waals surface area contributed by atoms with Crippen LogP contribution in [0.1, 0.15) is 61.1 Å². The maximum absolute atomic E-state index is 13.5. The van der Waals surface area contributed by atoms with Crippen molar-refractivity contribution in [1.82, 2.24) is 20.1 Å². The molecule has 2 aromatic heterocycles. The summed E-state index contributed by atoms with van der Waals surface area (Å²) in [6.45, 7) is 6.38. The molecule has 1 amide bonds. The van der Waals surface area contributed by atoms with Crippen molar-refractivity contribution in [3.05, 3.63) is 40.9 Å². The fraction of sp³-hybridized carbons (Fsp3) is 0.500. The Kier molecular flexibility index (Phi) is 7.09. The maximum atomic E-state index is 13.5. The fourth-order valence-electron chi connectivity index (χ4n) is 4.30. The number of carbonyl (C=O) groups is 1. The van der Waals surface area contributed by atoms with E-state index in [1.165, 1.54) is 20.8 Å². The van der Waals surface area contributed by atoms with Crippen molar-refractivity contribution in [3.8, 4) is 21.3 Å². The minimum atomic E-state index is -6.04. The van der Waals surface area contributed by atoms with Crippen LogP contribution >= 0.6 is 11.3 Å². The molecule has 0 unspecified atom stereocenters. The summed E-state index contributed by atoms with van der Waals surface area (Å²) in [5.74, 6) is -0.746. The van der Waals surface area contributed by atoms with E-state index in [2.05, 4.69) is 15.2 Å². The number of hydrogen-bond donors (Lipinski definition) is 2. The number of carbonyl (C=O) groups excluding carboxylic acids is 1. The van der Waals surface area contributed by atoms with Gasteiger partial charge in [0.15, 0.2) is 5.01 Å². The van der Waals surface area contributed by atoms with E-state index in [9.17, 15) is 41.4 Å². The molecule has 0 saturated carbocycles. The van der Waals surface area contributed by atoms with E-state index in [0.29, 0.717) is 18.7 Å². The Balaban J connectivity index is 1.86. The van der Waals surface area contributed by atoms with Crippen LogP contribution in [0, 0.1) is 6.92 Å². The van der Waals surface area contributed by atoms with E-state index >= 15 is 0 Å². The Morgan fingerprint density at radius 3 is 2.23 bits per heavy atom. The molecule has 0 aliphatic carbocycles.